The molecular weight excluding hydrogens is 733 g/mol. The van der Waals surface area contributed by atoms with E-state index >= 15 is 0 Å². The Kier molecular flexibility index (Phi) is 6.95. The SMILES string of the molecule is c1ccc(-c2ccc3ccc(-c4nc(-c5cccc6oc7c8ccccc8ccc7c56)nc(-n5c6c7ccccc7ccc6c6ccc7ccccc7c65)n4)cc3c2)cc1. The first-order valence-corrected chi connectivity index (χ1v) is 20.3. The van der Waals surface area contributed by atoms with Gasteiger partial charge in [-0.25, -0.2) is 4.98 Å². The van der Waals surface area contributed by atoms with E-state index in [0.717, 1.165) is 104 Å². The fourth-order valence-corrected chi connectivity index (χ4v) is 9.39. The molecule has 0 saturated heterocycles. The van der Waals surface area contributed by atoms with Gasteiger partial charge < -0.3 is 4.42 Å². The third-order valence-corrected chi connectivity index (χ3v) is 12.2. The molecule has 0 aliphatic heterocycles. The predicted molar refractivity (Wildman–Crippen MR) is 248 cm³/mol. The van der Waals surface area contributed by atoms with Gasteiger partial charge >= 0.3 is 0 Å². The summed E-state index contributed by atoms with van der Waals surface area (Å²) in [5.41, 5.74) is 7.89. The van der Waals surface area contributed by atoms with Crippen LogP contribution in [0.3, 0.4) is 0 Å². The number of aromatic nitrogens is 4. The van der Waals surface area contributed by atoms with Crippen LogP contribution in [0.15, 0.2) is 199 Å². The van der Waals surface area contributed by atoms with E-state index in [0.29, 0.717) is 17.6 Å². The van der Waals surface area contributed by atoms with Crippen molar-refractivity contribution in [2.24, 2.45) is 0 Å². The molecular formula is C55H32N4O. The Balaban J connectivity index is 1.15. The first-order chi connectivity index (χ1) is 29.7. The molecule has 13 aromatic rings. The van der Waals surface area contributed by atoms with Crippen molar-refractivity contribution in [3.8, 4) is 39.9 Å². The van der Waals surface area contributed by atoms with E-state index in [4.69, 9.17) is 19.4 Å². The first kappa shape index (κ1) is 32.9. The minimum absolute atomic E-state index is 0.552. The van der Waals surface area contributed by atoms with E-state index in [1.165, 1.54) is 5.56 Å². The summed E-state index contributed by atoms with van der Waals surface area (Å²) in [5.74, 6) is 1.72. The van der Waals surface area contributed by atoms with Gasteiger partial charge in [-0.3, -0.25) is 4.57 Å². The van der Waals surface area contributed by atoms with Crippen molar-refractivity contribution in [1.29, 1.82) is 0 Å². The van der Waals surface area contributed by atoms with Crippen LogP contribution in [0, 0.1) is 0 Å². The van der Waals surface area contributed by atoms with Crippen LogP contribution in [0.4, 0.5) is 0 Å². The highest BCUT2D eigenvalue weighted by atomic mass is 16.3. The monoisotopic (exact) mass is 764 g/mol. The van der Waals surface area contributed by atoms with Crippen LogP contribution in [0.25, 0.3) is 127 Å². The minimum Gasteiger partial charge on any atom is -0.455 e. The van der Waals surface area contributed by atoms with Crippen LogP contribution in [-0.2, 0) is 0 Å². The summed E-state index contributed by atoms with van der Waals surface area (Å²) < 4.78 is 8.95. The van der Waals surface area contributed by atoms with Crippen LogP contribution < -0.4 is 0 Å². The average molecular weight is 765 g/mol. The summed E-state index contributed by atoms with van der Waals surface area (Å²) in [6.45, 7) is 0. The van der Waals surface area contributed by atoms with Gasteiger partial charge in [0.15, 0.2) is 11.6 Å². The van der Waals surface area contributed by atoms with Gasteiger partial charge in [-0.1, -0.05) is 170 Å². The molecule has 3 aromatic heterocycles. The number of fused-ring (bicyclic) bond motifs is 13. The Morgan fingerprint density at radius 3 is 1.63 bits per heavy atom. The first-order valence-electron chi connectivity index (χ1n) is 20.3. The van der Waals surface area contributed by atoms with Gasteiger partial charge in [-0.2, -0.15) is 9.97 Å². The molecule has 0 fully saturated rings. The standard InChI is InChI=1S/C55H32N4O/c1-2-11-33(12-3-1)38-23-21-34-22-24-39(32-40(34)31-38)53-56-54(47-19-10-20-48-49(47)46-30-27-37-15-6-9-18-43(37)52(46)60-48)58-55(57-53)59-50-41-16-7-4-13-35(41)25-28-44(50)45-29-26-36-14-5-8-17-42(36)51(45)59/h1-32H. The second-order valence-electron chi connectivity index (χ2n) is 15.6. The molecule has 13 rings (SSSR count). The van der Waals surface area contributed by atoms with E-state index < -0.39 is 0 Å². The van der Waals surface area contributed by atoms with Gasteiger partial charge in [-0.15, -0.1) is 0 Å². The van der Waals surface area contributed by atoms with Crippen LogP contribution in [0.5, 0.6) is 0 Å². The van der Waals surface area contributed by atoms with Gasteiger partial charge in [0.2, 0.25) is 5.95 Å². The third kappa shape index (κ3) is 4.90. The molecule has 0 saturated carbocycles. The zero-order valence-electron chi connectivity index (χ0n) is 32.2. The summed E-state index contributed by atoms with van der Waals surface area (Å²) in [5, 5.41) is 13.3. The largest absolute Gasteiger partial charge is 0.455 e. The highest BCUT2D eigenvalue weighted by molar-refractivity contribution is 6.24. The Morgan fingerprint density at radius 2 is 0.917 bits per heavy atom. The molecule has 0 atom stereocenters. The van der Waals surface area contributed by atoms with Crippen molar-refractivity contribution in [2.75, 3.05) is 0 Å². The molecule has 5 heteroatoms. The Bertz CT molecular complexity index is 3810. The van der Waals surface area contributed by atoms with Crippen molar-refractivity contribution in [3.63, 3.8) is 0 Å². The summed E-state index contributed by atoms with van der Waals surface area (Å²) in [4.78, 5) is 16.3. The predicted octanol–water partition coefficient (Wildman–Crippen LogP) is 14.5. The maximum Gasteiger partial charge on any atom is 0.238 e. The molecule has 0 aliphatic carbocycles. The molecule has 3 heterocycles. The molecule has 0 radical (unpaired) electrons. The van der Waals surface area contributed by atoms with E-state index in [2.05, 4.69) is 187 Å². The highest BCUT2D eigenvalue weighted by Gasteiger charge is 2.23. The lowest BCUT2D eigenvalue weighted by atomic mass is 9.99. The molecule has 0 unspecified atom stereocenters. The fraction of sp³-hybridized carbons (Fsp3) is 0. The summed E-state index contributed by atoms with van der Waals surface area (Å²) >= 11 is 0. The van der Waals surface area contributed by atoms with Crippen molar-refractivity contribution < 1.29 is 4.42 Å². The number of hydrogen-bond acceptors (Lipinski definition) is 4. The van der Waals surface area contributed by atoms with Crippen molar-refractivity contribution >= 4 is 86.8 Å². The zero-order chi connectivity index (χ0) is 39.3. The van der Waals surface area contributed by atoms with Gasteiger partial charge in [-0.05, 0) is 62.3 Å². The second-order valence-corrected chi connectivity index (χ2v) is 15.6. The van der Waals surface area contributed by atoms with Gasteiger partial charge in [0, 0.05) is 48.8 Å². The van der Waals surface area contributed by atoms with E-state index in [9.17, 15) is 0 Å². The molecule has 0 spiro atoms. The summed E-state index contributed by atoms with van der Waals surface area (Å²) in [7, 11) is 0. The Hall–Kier alpha value is -8.15. The van der Waals surface area contributed by atoms with Gasteiger partial charge in [0.25, 0.3) is 0 Å². The molecule has 0 amide bonds. The number of furan rings is 1. The molecule has 0 bridgehead atoms. The lowest BCUT2D eigenvalue weighted by Gasteiger charge is -2.13. The quantitative estimate of drug-likeness (QED) is 0.179. The van der Waals surface area contributed by atoms with Crippen LogP contribution >= 0.6 is 0 Å². The lowest BCUT2D eigenvalue weighted by molar-refractivity contribution is 0.672. The van der Waals surface area contributed by atoms with Crippen LogP contribution in [-0.4, -0.2) is 19.5 Å². The van der Waals surface area contributed by atoms with Gasteiger partial charge in [0.05, 0.1) is 11.0 Å². The molecule has 5 nitrogen and oxygen atoms in total. The molecule has 0 aliphatic rings. The second kappa shape index (κ2) is 12.7. The van der Waals surface area contributed by atoms with Crippen molar-refractivity contribution in [2.45, 2.75) is 0 Å². The fourth-order valence-electron chi connectivity index (χ4n) is 9.39. The normalized spacial score (nSPS) is 12.0. The van der Waals surface area contributed by atoms with Crippen molar-refractivity contribution in [1.82, 2.24) is 19.5 Å². The van der Waals surface area contributed by atoms with E-state index in [1.54, 1.807) is 0 Å². The van der Waals surface area contributed by atoms with Gasteiger partial charge in [0.1, 0.15) is 11.2 Å². The maximum absolute atomic E-state index is 6.68. The smallest absolute Gasteiger partial charge is 0.238 e. The molecule has 278 valence electrons. The minimum atomic E-state index is 0.552. The Labute approximate surface area is 343 Å². The lowest BCUT2D eigenvalue weighted by Crippen LogP contribution is -2.07. The van der Waals surface area contributed by atoms with Crippen LogP contribution in [0.1, 0.15) is 0 Å². The maximum atomic E-state index is 6.68. The number of rotatable bonds is 4. The van der Waals surface area contributed by atoms with Crippen molar-refractivity contribution in [3.05, 3.63) is 194 Å². The summed E-state index contributed by atoms with van der Waals surface area (Å²) in [6, 6.07) is 68.6. The average Bonchev–Trinajstić information content (AvgIpc) is 3.88. The zero-order valence-corrected chi connectivity index (χ0v) is 32.2. The summed E-state index contributed by atoms with van der Waals surface area (Å²) in [6.07, 6.45) is 0. The molecule has 0 N–H and O–H groups in total. The number of nitrogens with zero attached hydrogens (tertiary/aromatic N) is 4. The Morgan fingerprint density at radius 1 is 0.350 bits per heavy atom. The number of hydrogen-bond donors (Lipinski definition) is 0. The van der Waals surface area contributed by atoms with Crippen LogP contribution in [0.2, 0.25) is 0 Å². The molecule has 60 heavy (non-hydrogen) atoms. The van der Waals surface area contributed by atoms with E-state index in [1.807, 2.05) is 12.1 Å². The third-order valence-electron chi connectivity index (χ3n) is 12.2. The van der Waals surface area contributed by atoms with E-state index in [-0.39, 0.29) is 0 Å². The number of benzene rings is 10. The topological polar surface area (TPSA) is 56.7 Å². The highest BCUT2D eigenvalue weighted by Crippen LogP contribution is 2.42. The molecule has 10 aromatic carbocycles.